The Morgan fingerprint density at radius 2 is 2.05 bits per heavy atom. The Bertz CT molecular complexity index is 645. The molecule has 2 aromatic heterocycles. The molecule has 0 fully saturated rings. The van der Waals surface area contributed by atoms with Gasteiger partial charge in [0.15, 0.2) is 5.76 Å². The van der Waals surface area contributed by atoms with Gasteiger partial charge in [0.05, 0.1) is 0 Å². The Morgan fingerprint density at radius 1 is 1.16 bits per heavy atom. The fourth-order valence-electron chi connectivity index (χ4n) is 1.61. The Balaban J connectivity index is 1.81. The Hall–Kier alpha value is -1.40. The molecule has 0 N–H and O–H groups in total. The molecule has 3 aromatic rings. The van der Waals surface area contributed by atoms with E-state index in [1.807, 2.05) is 30.3 Å². The van der Waals surface area contributed by atoms with Gasteiger partial charge >= 0.3 is 0 Å². The number of hydrogen-bond donors (Lipinski definition) is 0. The predicted molar refractivity (Wildman–Crippen MR) is 78.1 cm³/mol. The topological polar surface area (TPSA) is 52.1 Å². The van der Waals surface area contributed by atoms with Gasteiger partial charge in [-0.1, -0.05) is 41.0 Å². The average Bonchev–Trinajstić information content (AvgIpc) is 3.04. The van der Waals surface area contributed by atoms with Crippen LogP contribution >= 0.6 is 21.6 Å². The molecule has 0 atom stereocenters. The highest BCUT2D eigenvalue weighted by atomic mass is 33.1. The second kappa shape index (κ2) is 5.71. The average molecular weight is 292 g/mol. The molecule has 98 valence electrons. The van der Waals surface area contributed by atoms with Crippen LogP contribution in [0.5, 0.6) is 0 Å². The monoisotopic (exact) mass is 292 g/mol. The zero-order chi connectivity index (χ0) is 13.1. The van der Waals surface area contributed by atoms with E-state index >= 15 is 0 Å². The van der Waals surface area contributed by atoms with Gasteiger partial charge in [-0.2, -0.15) is 0 Å². The van der Waals surface area contributed by atoms with Crippen LogP contribution in [0.1, 0.15) is 13.3 Å². The van der Waals surface area contributed by atoms with Gasteiger partial charge < -0.3 is 8.83 Å². The Labute approximate surface area is 118 Å². The second-order valence-corrected chi connectivity index (χ2v) is 6.29. The van der Waals surface area contributed by atoms with E-state index in [9.17, 15) is 0 Å². The molecule has 0 amide bonds. The second-order valence-electron chi connectivity index (χ2n) is 3.93. The van der Waals surface area contributed by atoms with E-state index in [1.54, 1.807) is 10.8 Å². The molecule has 3 rings (SSSR count). The van der Waals surface area contributed by atoms with E-state index in [4.69, 9.17) is 8.83 Å². The van der Waals surface area contributed by atoms with Crippen molar-refractivity contribution in [3.8, 4) is 11.7 Å². The number of aromatic nitrogens is 2. The van der Waals surface area contributed by atoms with Crippen molar-refractivity contribution in [3.05, 3.63) is 30.3 Å². The molecule has 1 aromatic carbocycles. The van der Waals surface area contributed by atoms with Crippen molar-refractivity contribution in [2.45, 2.75) is 18.6 Å². The summed E-state index contributed by atoms with van der Waals surface area (Å²) in [6.45, 7) is 2.14. The summed E-state index contributed by atoms with van der Waals surface area (Å²) in [5, 5.41) is 9.61. The smallest absolute Gasteiger partial charge is 0.287 e. The summed E-state index contributed by atoms with van der Waals surface area (Å²) in [6, 6.07) is 9.73. The minimum Gasteiger partial charge on any atom is -0.451 e. The third kappa shape index (κ3) is 2.79. The Morgan fingerprint density at radius 3 is 2.89 bits per heavy atom. The van der Waals surface area contributed by atoms with Gasteiger partial charge in [-0.15, -0.1) is 5.10 Å². The van der Waals surface area contributed by atoms with Crippen molar-refractivity contribution < 1.29 is 8.83 Å². The van der Waals surface area contributed by atoms with Gasteiger partial charge in [0.1, 0.15) is 5.58 Å². The van der Waals surface area contributed by atoms with Gasteiger partial charge in [-0.25, -0.2) is 0 Å². The maximum Gasteiger partial charge on any atom is 0.287 e. The van der Waals surface area contributed by atoms with E-state index in [0.717, 1.165) is 23.1 Å². The lowest BCUT2D eigenvalue weighted by Gasteiger charge is -1.91. The summed E-state index contributed by atoms with van der Waals surface area (Å²) in [7, 11) is 3.21. The number of furan rings is 1. The molecule has 0 aliphatic heterocycles. The summed E-state index contributed by atoms with van der Waals surface area (Å²) in [4.78, 5) is 0. The van der Waals surface area contributed by atoms with Gasteiger partial charge in [0.25, 0.3) is 11.1 Å². The van der Waals surface area contributed by atoms with Crippen LogP contribution in [0.15, 0.2) is 44.4 Å². The first-order valence-corrected chi connectivity index (χ1v) is 8.30. The third-order valence-corrected chi connectivity index (χ3v) is 4.74. The molecule has 0 bridgehead atoms. The van der Waals surface area contributed by atoms with Crippen LogP contribution in [0.4, 0.5) is 0 Å². The van der Waals surface area contributed by atoms with Crippen molar-refractivity contribution in [2.75, 3.05) is 5.75 Å². The molecular formula is C13H12N2O2S2. The lowest BCUT2D eigenvalue weighted by molar-refractivity contribution is 0.453. The van der Waals surface area contributed by atoms with E-state index in [1.165, 1.54) is 10.8 Å². The molecule has 0 aliphatic rings. The standard InChI is InChI=1S/C13H12N2O2S2/c1-2-7-18-19-13-15-14-12(17-13)11-8-9-5-3-4-6-10(9)16-11/h3-6,8H,2,7H2,1H3. The number of para-hydroxylation sites is 1. The molecule has 0 saturated heterocycles. The van der Waals surface area contributed by atoms with Crippen molar-refractivity contribution in [1.82, 2.24) is 10.2 Å². The maximum atomic E-state index is 5.68. The van der Waals surface area contributed by atoms with Crippen LogP contribution in [-0.4, -0.2) is 16.0 Å². The van der Waals surface area contributed by atoms with E-state index in [2.05, 4.69) is 17.1 Å². The lowest BCUT2D eigenvalue weighted by atomic mass is 10.2. The molecular weight excluding hydrogens is 280 g/mol. The minimum atomic E-state index is 0.427. The van der Waals surface area contributed by atoms with Crippen molar-refractivity contribution in [3.63, 3.8) is 0 Å². The fourth-order valence-corrected chi connectivity index (χ4v) is 3.40. The number of rotatable bonds is 5. The van der Waals surface area contributed by atoms with Crippen LogP contribution in [0, 0.1) is 0 Å². The van der Waals surface area contributed by atoms with E-state index < -0.39 is 0 Å². The molecule has 19 heavy (non-hydrogen) atoms. The normalized spacial score (nSPS) is 11.2. The number of hydrogen-bond acceptors (Lipinski definition) is 6. The van der Waals surface area contributed by atoms with E-state index in [-0.39, 0.29) is 0 Å². The summed E-state index contributed by atoms with van der Waals surface area (Å²) < 4.78 is 11.3. The highest BCUT2D eigenvalue weighted by Gasteiger charge is 2.13. The van der Waals surface area contributed by atoms with E-state index in [0.29, 0.717) is 16.9 Å². The quantitative estimate of drug-likeness (QED) is 0.504. The maximum absolute atomic E-state index is 5.68. The first kappa shape index (κ1) is 12.6. The van der Waals surface area contributed by atoms with Crippen molar-refractivity contribution in [1.29, 1.82) is 0 Å². The first-order chi connectivity index (χ1) is 9.36. The van der Waals surface area contributed by atoms with Gasteiger partial charge in [0.2, 0.25) is 0 Å². The summed E-state index contributed by atoms with van der Waals surface area (Å²) in [5.41, 5.74) is 0.824. The fraction of sp³-hybridized carbons (Fsp3) is 0.231. The van der Waals surface area contributed by atoms with Crippen LogP contribution in [0.3, 0.4) is 0 Å². The molecule has 0 spiro atoms. The molecule has 4 nitrogen and oxygen atoms in total. The van der Waals surface area contributed by atoms with Gasteiger partial charge in [-0.05, 0) is 18.6 Å². The molecule has 2 heterocycles. The Kier molecular flexibility index (Phi) is 3.79. The SMILES string of the molecule is CCCSSc1nnc(-c2cc3ccccc3o2)o1. The lowest BCUT2D eigenvalue weighted by Crippen LogP contribution is -1.72. The molecule has 6 heteroatoms. The molecule has 0 radical (unpaired) electrons. The summed E-state index contributed by atoms with van der Waals surface area (Å²) in [6.07, 6.45) is 1.13. The summed E-state index contributed by atoms with van der Waals surface area (Å²) >= 11 is 0. The highest BCUT2D eigenvalue weighted by molar-refractivity contribution is 8.76. The predicted octanol–water partition coefficient (Wildman–Crippen LogP) is 4.63. The van der Waals surface area contributed by atoms with Gasteiger partial charge in [-0.3, -0.25) is 0 Å². The first-order valence-electron chi connectivity index (χ1n) is 5.98. The minimum absolute atomic E-state index is 0.427. The number of nitrogens with zero attached hydrogens (tertiary/aromatic N) is 2. The number of benzene rings is 1. The number of fused-ring (bicyclic) bond motifs is 1. The highest BCUT2D eigenvalue weighted by Crippen LogP contribution is 2.33. The van der Waals surface area contributed by atoms with Crippen molar-refractivity contribution >= 4 is 32.6 Å². The zero-order valence-corrected chi connectivity index (χ0v) is 12.0. The van der Waals surface area contributed by atoms with Gasteiger partial charge in [0, 0.05) is 21.9 Å². The zero-order valence-electron chi connectivity index (χ0n) is 10.3. The molecule has 0 aliphatic carbocycles. The largest absolute Gasteiger partial charge is 0.451 e. The summed E-state index contributed by atoms with van der Waals surface area (Å²) in [5.74, 6) is 2.10. The van der Waals surface area contributed by atoms with Crippen molar-refractivity contribution in [2.24, 2.45) is 0 Å². The molecule has 0 saturated carbocycles. The van der Waals surface area contributed by atoms with Crippen LogP contribution in [-0.2, 0) is 0 Å². The van der Waals surface area contributed by atoms with Crippen LogP contribution in [0.2, 0.25) is 0 Å². The van der Waals surface area contributed by atoms with Crippen LogP contribution in [0.25, 0.3) is 22.6 Å². The molecule has 0 unspecified atom stereocenters. The van der Waals surface area contributed by atoms with Crippen LogP contribution < -0.4 is 0 Å². The third-order valence-electron chi connectivity index (χ3n) is 2.46.